The number of hydrogen-bond donors (Lipinski definition) is 3. The lowest BCUT2D eigenvalue weighted by Crippen LogP contribution is -2.24. The normalized spacial score (nSPS) is 11.2. The van der Waals surface area contributed by atoms with Crippen LogP contribution in [0.5, 0.6) is 0 Å². The molecule has 0 aliphatic heterocycles. The Balaban J connectivity index is 2.23. The van der Waals surface area contributed by atoms with E-state index in [0.29, 0.717) is 17.8 Å². The van der Waals surface area contributed by atoms with E-state index in [2.05, 4.69) is 15.4 Å². The third-order valence-corrected chi connectivity index (χ3v) is 4.32. The predicted molar refractivity (Wildman–Crippen MR) is 74.6 cm³/mol. The van der Waals surface area contributed by atoms with Crippen LogP contribution in [0.25, 0.3) is 20.7 Å². The molecule has 0 fully saturated rings. The highest BCUT2D eigenvalue weighted by Gasteiger charge is 2.13. The van der Waals surface area contributed by atoms with Crippen LogP contribution in [-0.2, 0) is 6.54 Å². The van der Waals surface area contributed by atoms with E-state index in [-0.39, 0.29) is 5.56 Å². The second-order valence-corrected chi connectivity index (χ2v) is 5.51. The molecule has 0 aromatic carbocycles. The number of hydrazine groups is 1. The van der Waals surface area contributed by atoms with Crippen molar-refractivity contribution in [1.29, 1.82) is 0 Å². The molecule has 3 rings (SSSR count). The van der Waals surface area contributed by atoms with Gasteiger partial charge in [0.15, 0.2) is 0 Å². The summed E-state index contributed by atoms with van der Waals surface area (Å²) >= 11 is 3.09. The molecule has 0 unspecified atom stereocenters. The Bertz CT molecular complexity index is 729. The van der Waals surface area contributed by atoms with E-state index in [1.165, 1.54) is 11.3 Å². The van der Waals surface area contributed by atoms with E-state index in [4.69, 9.17) is 5.84 Å². The van der Waals surface area contributed by atoms with Gasteiger partial charge in [-0.05, 0) is 11.4 Å². The first-order valence-corrected chi connectivity index (χ1v) is 7.03. The molecule has 4 N–H and O–H groups in total. The zero-order valence-corrected chi connectivity index (χ0v) is 10.9. The van der Waals surface area contributed by atoms with Crippen LogP contribution in [0.1, 0.15) is 5.82 Å². The van der Waals surface area contributed by atoms with Crippen molar-refractivity contribution in [1.82, 2.24) is 15.4 Å². The van der Waals surface area contributed by atoms with Gasteiger partial charge in [0.05, 0.1) is 11.9 Å². The second kappa shape index (κ2) is 4.62. The van der Waals surface area contributed by atoms with Gasteiger partial charge in [-0.1, -0.05) is 6.07 Å². The molecule has 92 valence electrons. The molecule has 3 aromatic heterocycles. The first kappa shape index (κ1) is 11.5. The van der Waals surface area contributed by atoms with Gasteiger partial charge in [0.2, 0.25) is 0 Å². The third kappa shape index (κ3) is 1.87. The number of hydrogen-bond acceptors (Lipinski definition) is 6. The van der Waals surface area contributed by atoms with Gasteiger partial charge >= 0.3 is 0 Å². The third-order valence-electron chi connectivity index (χ3n) is 2.55. The van der Waals surface area contributed by atoms with Crippen LogP contribution < -0.4 is 16.8 Å². The second-order valence-electron chi connectivity index (χ2n) is 3.70. The molecule has 0 aliphatic carbocycles. The molecule has 0 spiro atoms. The minimum atomic E-state index is -0.116. The number of fused-ring (bicyclic) bond motifs is 1. The number of aromatic nitrogens is 2. The number of nitrogens with two attached hydrogens (primary N) is 1. The van der Waals surface area contributed by atoms with E-state index in [9.17, 15) is 4.79 Å². The summed E-state index contributed by atoms with van der Waals surface area (Å²) in [5.74, 6) is 5.78. The maximum absolute atomic E-state index is 12.1. The Morgan fingerprint density at radius 2 is 2.33 bits per heavy atom. The number of nitrogens with one attached hydrogen (secondary N) is 2. The van der Waals surface area contributed by atoms with Gasteiger partial charge in [-0.2, -0.15) is 0 Å². The summed E-state index contributed by atoms with van der Waals surface area (Å²) < 4.78 is 0. The molecule has 0 amide bonds. The molecule has 7 heteroatoms. The summed E-state index contributed by atoms with van der Waals surface area (Å²) in [5.41, 5.74) is 3.32. The zero-order chi connectivity index (χ0) is 12.5. The Hall–Kier alpha value is -1.54. The van der Waals surface area contributed by atoms with Crippen LogP contribution >= 0.6 is 22.7 Å². The van der Waals surface area contributed by atoms with E-state index in [1.54, 1.807) is 11.3 Å². The Morgan fingerprint density at radius 1 is 1.44 bits per heavy atom. The quantitative estimate of drug-likeness (QED) is 0.503. The number of nitrogens with zero attached hydrogens (tertiary/aromatic N) is 1. The molecule has 3 aromatic rings. The monoisotopic (exact) mass is 278 g/mol. The summed E-state index contributed by atoms with van der Waals surface area (Å²) in [6.07, 6.45) is 0. The fraction of sp³-hybridized carbons (Fsp3) is 0.0909. The molecule has 0 atom stereocenters. The Labute approximate surface area is 110 Å². The van der Waals surface area contributed by atoms with Gasteiger partial charge in [0.25, 0.3) is 5.56 Å². The smallest absolute Gasteiger partial charge is 0.260 e. The highest BCUT2D eigenvalue weighted by Crippen LogP contribution is 2.33. The van der Waals surface area contributed by atoms with Crippen LogP contribution in [0.2, 0.25) is 0 Å². The first-order valence-electron chi connectivity index (χ1n) is 5.27. The molecular formula is C11H10N4OS2. The van der Waals surface area contributed by atoms with Crippen molar-refractivity contribution in [2.75, 3.05) is 0 Å². The summed E-state index contributed by atoms with van der Waals surface area (Å²) in [7, 11) is 0. The van der Waals surface area contributed by atoms with Gasteiger partial charge in [0, 0.05) is 15.8 Å². The first-order chi connectivity index (χ1) is 8.79. The van der Waals surface area contributed by atoms with Crippen LogP contribution in [0, 0.1) is 0 Å². The summed E-state index contributed by atoms with van der Waals surface area (Å²) in [6.45, 7) is 0.345. The standard InChI is InChI=1S/C11H10N4OS2/c12-13-4-8-14-10(16)9-6(5-18-11(9)15-8)7-2-1-3-17-7/h1-3,5,13H,4,12H2,(H,14,15,16). The maximum atomic E-state index is 12.1. The van der Waals surface area contributed by atoms with Gasteiger partial charge < -0.3 is 4.98 Å². The summed E-state index contributed by atoms with van der Waals surface area (Å²) in [5, 5.41) is 4.62. The molecule has 3 heterocycles. The van der Waals surface area contributed by atoms with Crippen molar-refractivity contribution < 1.29 is 0 Å². The largest absolute Gasteiger partial charge is 0.309 e. The lowest BCUT2D eigenvalue weighted by molar-refractivity contribution is 0.702. The predicted octanol–water partition coefficient (Wildman–Crippen LogP) is 1.68. The van der Waals surface area contributed by atoms with Crippen molar-refractivity contribution in [2.24, 2.45) is 5.84 Å². The zero-order valence-electron chi connectivity index (χ0n) is 9.27. The highest BCUT2D eigenvalue weighted by atomic mass is 32.1. The number of aromatic amines is 1. The minimum Gasteiger partial charge on any atom is -0.309 e. The van der Waals surface area contributed by atoms with E-state index in [0.717, 1.165) is 15.3 Å². The molecule has 0 saturated carbocycles. The SMILES string of the molecule is NNCc1nc2scc(-c3cccs3)c2c(=O)[nH]1. The number of H-pyrrole nitrogens is 1. The average Bonchev–Trinajstić information content (AvgIpc) is 2.96. The van der Waals surface area contributed by atoms with E-state index < -0.39 is 0 Å². The van der Waals surface area contributed by atoms with Gasteiger partial charge in [0.1, 0.15) is 10.7 Å². The fourth-order valence-corrected chi connectivity index (χ4v) is 3.57. The van der Waals surface area contributed by atoms with Crippen LogP contribution in [0.15, 0.2) is 27.7 Å². The van der Waals surface area contributed by atoms with E-state index >= 15 is 0 Å². The van der Waals surface area contributed by atoms with Crippen LogP contribution in [0.3, 0.4) is 0 Å². The minimum absolute atomic E-state index is 0.116. The van der Waals surface area contributed by atoms with Crippen molar-refractivity contribution in [3.63, 3.8) is 0 Å². The van der Waals surface area contributed by atoms with Crippen molar-refractivity contribution in [3.8, 4) is 10.4 Å². The number of rotatable bonds is 3. The van der Waals surface area contributed by atoms with Crippen LogP contribution in [0.4, 0.5) is 0 Å². The number of thiophene rings is 2. The average molecular weight is 278 g/mol. The molecule has 0 aliphatic rings. The molecule has 5 nitrogen and oxygen atoms in total. The molecule has 0 radical (unpaired) electrons. The molecule has 0 bridgehead atoms. The Kier molecular flexibility index (Phi) is 2.96. The molecule has 0 saturated heterocycles. The van der Waals surface area contributed by atoms with Gasteiger partial charge in [-0.15, -0.1) is 22.7 Å². The van der Waals surface area contributed by atoms with E-state index in [1.807, 2.05) is 22.9 Å². The van der Waals surface area contributed by atoms with Crippen molar-refractivity contribution >= 4 is 32.9 Å². The fourth-order valence-electron chi connectivity index (χ4n) is 1.79. The molecule has 18 heavy (non-hydrogen) atoms. The summed E-state index contributed by atoms with van der Waals surface area (Å²) in [6, 6.07) is 3.97. The maximum Gasteiger partial charge on any atom is 0.260 e. The van der Waals surface area contributed by atoms with Crippen LogP contribution in [-0.4, -0.2) is 9.97 Å². The van der Waals surface area contributed by atoms with Crippen molar-refractivity contribution in [2.45, 2.75) is 6.54 Å². The summed E-state index contributed by atoms with van der Waals surface area (Å²) in [4.78, 5) is 21.0. The molecular weight excluding hydrogens is 268 g/mol. The lowest BCUT2D eigenvalue weighted by atomic mass is 10.2. The lowest BCUT2D eigenvalue weighted by Gasteiger charge is -1.99. The van der Waals surface area contributed by atoms with Gasteiger partial charge in [-0.3, -0.25) is 16.1 Å². The van der Waals surface area contributed by atoms with Crippen molar-refractivity contribution in [3.05, 3.63) is 39.1 Å². The van der Waals surface area contributed by atoms with Gasteiger partial charge in [-0.25, -0.2) is 4.98 Å². The Morgan fingerprint density at radius 3 is 3.06 bits per heavy atom. The topological polar surface area (TPSA) is 83.8 Å². The highest BCUT2D eigenvalue weighted by molar-refractivity contribution is 7.18.